The molecule has 0 saturated carbocycles. The Kier molecular flexibility index (Phi) is 17.3. The van der Waals surface area contributed by atoms with Crippen molar-refractivity contribution in [2.75, 3.05) is 16.0 Å². The van der Waals surface area contributed by atoms with E-state index in [1.54, 1.807) is 0 Å². The number of hydrogen-bond acceptors (Lipinski definition) is 3. The van der Waals surface area contributed by atoms with Crippen molar-refractivity contribution in [3.05, 3.63) is 528 Å². The predicted octanol–water partition coefficient (Wildman–Crippen LogP) is 29.0. The normalized spacial score (nSPS) is 13.2. The van der Waals surface area contributed by atoms with Crippen molar-refractivity contribution in [3.8, 4) is 66.8 Å². The SMILES string of the molecule is c1ccc(C2(c3ccccc3)c3ccccc3-c3ccc(Nc4ccc(-c5ccc6ccccc6c5)cc4)cc32)cc1.c1ccc(C2(c3ccccc3)c3ccccc3-c3ccc(Nc4ccc(-c5cccc6ccccc56)cc4)cc32)cc1.c1ccc(Nc2ccc3c(c2)C2(c4ccccc4-c4ccccc42)c2ccccc2-3)cc1. The number of nitrogens with one attached hydrogen (secondary N) is 3. The van der Waals surface area contributed by atoms with Crippen LogP contribution in [0.5, 0.6) is 0 Å². The van der Waals surface area contributed by atoms with Crippen LogP contribution in [0.25, 0.3) is 88.3 Å². The standard InChI is InChI=1S/2C41H29N.C31H21N/c1-3-14-31(15-4-1)41(32-16-5-2-6-17-32)39-21-10-9-19-37(39)38-27-26-34(28-40(38)41)42-33-24-22-30(23-25-33)36-20-11-13-29-12-7-8-18-35(29)36;1-3-13-33(14-4-1)41(34-15-5-2-6-16-34)39-18-10-9-17-37(39)38-26-25-36(28-40(38)41)42-35-23-21-30(22-24-35)32-20-19-29-11-7-8-12-31(29)27-32;1-2-10-21(11-3-1)32-22-18-19-26-25-14-6-9-17-29(25)31(30(26)20-22)27-15-7-4-12-23(27)24-13-5-8-16-28(24)31/h2*1-28,42H;1-20,32H. The number of rotatable bonds is 12. The molecule has 0 heterocycles. The fraction of sp³-hybridized carbons (Fsp3) is 0.0265. The van der Waals surface area contributed by atoms with Crippen molar-refractivity contribution in [2.45, 2.75) is 16.2 Å². The zero-order chi connectivity index (χ0) is 77.0. The van der Waals surface area contributed by atoms with Gasteiger partial charge in [0.2, 0.25) is 0 Å². The first kappa shape index (κ1) is 69.1. The highest BCUT2D eigenvalue weighted by molar-refractivity contribution is 5.99. The molecular weight excluding hydrogens is 1400 g/mol. The quantitative estimate of drug-likeness (QED) is 0.114. The highest BCUT2D eigenvalue weighted by Gasteiger charge is 2.52. The molecule has 546 valence electrons. The van der Waals surface area contributed by atoms with Crippen LogP contribution in [0.2, 0.25) is 0 Å². The first-order valence-electron chi connectivity index (χ1n) is 40.2. The number of benzene rings is 19. The van der Waals surface area contributed by atoms with Crippen LogP contribution < -0.4 is 16.0 Å². The van der Waals surface area contributed by atoms with Gasteiger partial charge in [-0.2, -0.15) is 0 Å². The van der Waals surface area contributed by atoms with Crippen molar-refractivity contribution >= 4 is 55.7 Å². The van der Waals surface area contributed by atoms with Gasteiger partial charge in [0.15, 0.2) is 0 Å². The average Bonchev–Trinajstić information content (AvgIpc) is 1.51. The minimum atomic E-state index is -0.398. The van der Waals surface area contributed by atoms with E-state index in [0.29, 0.717) is 0 Å². The second-order valence-electron chi connectivity index (χ2n) is 30.7. The van der Waals surface area contributed by atoms with E-state index >= 15 is 0 Å². The molecule has 3 nitrogen and oxygen atoms in total. The largest absolute Gasteiger partial charge is 0.356 e. The Hall–Kier alpha value is -14.9. The summed E-state index contributed by atoms with van der Waals surface area (Å²) in [6, 6.07) is 167. The van der Waals surface area contributed by atoms with Crippen molar-refractivity contribution < 1.29 is 0 Å². The van der Waals surface area contributed by atoms with Gasteiger partial charge in [0, 0.05) is 34.1 Å². The summed E-state index contributed by atoms with van der Waals surface area (Å²) in [4.78, 5) is 0. The third-order valence-electron chi connectivity index (χ3n) is 24.5. The second kappa shape index (κ2) is 29.0. The summed E-state index contributed by atoms with van der Waals surface area (Å²) >= 11 is 0. The molecule has 3 heteroatoms. The lowest BCUT2D eigenvalue weighted by molar-refractivity contribution is 0.769. The predicted molar refractivity (Wildman–Crippen MR) is 485 cm³/mol. The van der Waals surface area contributed by atoms with Gasteiger partial charge in [-0.25, -0.2) is 0 Å². The zero-order valence-corrected chi connectivity index (χ0v) is 63.9. The van der Waals surface area contributed by atoms with Gasteiger partial charge in [0.1, 0.15) is 0 Å². The molecule has 0 radical (unpaired) electrons. The molecule has 4 aliphatic carbocycles. The molecule has 1 spiro atoms. The van der Waals surface area contributed by atoms with Crippen LogP contribution in [0.3, 0.4) is 0 Å². The molecule has 4 aliphatic rings. The summed E-state index contributed by atoms with van der Waals surface area (Å²) < 4.78 is 0. The van der Waals surface area contributed by atoms with E-state index in [0.717, 1.165) is 34.1 Å². The van der Waals surface area contributed by atoms with E-state index in [2.05, 4.69) is 471 Å². The Morgan fingerprint density at radius 2 is 0.414 bits per heavy atom. The van der Waals surface area contributed by atoms with Crippen LogP contribution in [0.15, 0.2) is 461 Å². The summed E-state index contributed by atoms with van der Waals surface area (Å²) in [7, 11) is 0. The Balaban J connectivity index is 0.000000110. The fourth-order valence-corrected chi connectivity index (χ4v) is 19.6. The Labute approximate surface area is 677 Å². The second-order valence-corrected chi connectivity index (χ2v) is 30.7. The monoisotopic (exact) mass is 1480 g/mol. The number of anilines is 6. The molecule has 0 amide bonds. The Morgan fingerprint density at radius 1 is 0.138 bits per heavy atom. The molecule has 0 atom stereocenters. The molecule has 0 unspecified atom stereocenters. The fourth-order valence-electron chi connectivity index (χ4n) is 19.6. The maximum atomic E-state index is 3.72. The van der Waals surface area contributed by atoms with Gasteiger partial charge >= 0.3 is 0 Å². The van der Waals surface area contributed by atoms with Crippen LogP contribution in [0, 0.1) is 0 Å². The molecule has 116 heavy (non-hydrogen) atoms. The van der Waals surface area contributed by atoms with E-state index in [-0.39, 0.29) is 5.41 Å². The van der Waals surface area contributed by atoms with Gasteiger partial charge in [-0.3, -0.25) is 0 Å². The third-order valence-corrected chi connectivity index (χ3v) is 24.5. The van der Waals surface area contributed by atoms with Crippen molar-refractivity contribution in [1.82, 2.24) is 0 Å². The van der Waals surface area contributed by atoms with Gasteiger partial charge in [-0.05, 0) is 234 Å². The smallest absolute Gasteiger partial charge is 0.0726 e. The van der Waals surface area contributed by atoms with E-state index in [1.165, 1.54) is 155 Å². The number of para-hydroxylation sites is 1. The Morgan fingerprint density at radius 3 is 0.828 bits per heavy atom. The zero-order valence-electron chi connectivity index (χ0n) is 63.9. The lowest BCUT2D eigenvalue weighted by Gasteiger charge is -2.34. The van der Waals surface area contributed by atoms with E-state index < -0.39 is 10.8 Å². The first-order chi connectivity index (χ1) is 57.5. The van der Waals surface area contributed by atoms with Gasteiger partial charge in [0.25, 0.3) is 0 Å². The van der Waals surface area contributed by atoms with Gasteiger partial charge in [-0.1, -0.05) is 382 Å². The molecule has 0 aliphatic heterocycles. The number of hydrogen-bond donors (Lipinski definition) is 3. The summed E-state index contributed by atoms with van der Waals surface area (Å²) in [5.41, 5.74) is 36.7. The topological polar surface area (TPSA) is 36.1 Å². The molecule has 23 rings (SSSR count). The summed E-state index contributed by atoms with van der Waals surface area (Å²) in [6.45, 7) is 0. The lowest BCUT2D eigenvalue weighted by atomic mass is 9.67. The van der Waals surface area contributed by atoms with E-state index in [9.17, 15) is 0 Å². The highest BCUT2D eigenvalue weighted by atomic mass is 14.9. The summed E-state index contributed by atoms with van der Waals surface area (Å²) in [6.07, 6.45) is 0. The Bertz CT molecular complexity index is 6740. The average molecular weight is 1480 g/mol. The van der Waals surface area contributed by atoms with Gasteiger partial charge in [-0.15, -0.1) is 0 Å². The molecule has 0 bridgehead atoms. The van der Waals surface area contributed by atoms with Crippen LogP contribution in [0.1, 0.15) is 66.8 Å². The van der Waals surface area contributed by atoms with Crippen LogP contribution >= 0.6 is 0 Å². The van der Waals surface area contributed by atoms with Crippen molar-refractivity contribution in [1.29, 1.82) is 0 Å². The molecule has 0 fully saturated rings. The van der Waals surface area contributed by atoms with Crippen LogP contribution in [-0.4, -0.2) is 0 Å². The van der Waals surface area contributed by atoms with Crippen molar-refractivity contribution in [3.63, 3.8) is 0 Å². The van der Waals surface area contributed by atoms with E-state index in [1.807, 2.05) is 6.07 Å². The van der Waals surface area contributed by atoms with Gasteiger partial charge < -0.3 is 16.0 Å². The third kappa shape index (κ3) is 11.5. The maximum Gasteiger partial charge on any atom is 0.0726 e. The summed E-state index contributed by atoms with van der Waals surface area (Å²) in [5, 5.41) is 16.1. The molecule has 0 saturated heterocycles. The lowest BCUT2D eigenvalue weighted by Crippen LogP contribution is -2.28. The summed E-state index contributed by atoms with van der Waals surface area (Å²) in [5.74, 6) is 0. The minimum absolute atomic E-state index is 0.284. The van der Waals surface area contributed by atoms with E-state index in [4.69, 9.17) is 0 Å². The maximum absolute atomic E-state index is 3.72. The first-order valence-corrected chi connectivity index (χ1v) is 40.2. The van der Waals surface area contributed by atoms with Crippen LogP contribution in [-0.2, 0) is 16.2 Å². The molecule has 19 aromatic carbocycles. The number of fused-ring (bicyclic) bond motifs is 18. The molecule has 0 aromatic heterocycles. The van der Waals surface area contributed by atoms with Gasteiger partial charge in [0.05, 0.1) is 16.2 Å². The molecule has 19 aromatic rings. The van der Waals surface area contributed by atoms with Crippen LogP contribution in [0.4, 0.5) is 34.1 Å². The highest BCUT2D eigenvalue weighted by Crippen LogP contribution is 2.64. The van der Waals surface area contributed by atoms with Crippen molar-refractivity contribution in [2.24, 2.45) is 0 Å². The molecule has 3 N–H and O–H groups in total. The molecular formula is C113H79N3. The minimum Gasteiger partial charge on any atom is -0.356 e.